The van der Waals surface area contributed by atoms with Crippen LogP contribution in [0.2, 0.25) is 5.02 Å². The molecular formula is C11H12ClN3O. The van der Waals surface area contributed by atoms with E-state index in [1.807, 2.05) is 13.0 Å². The van der Waals surface area contributed by atoms with Gasteiger partial charge in [0.2, 0.25) is 5.95 Å². The number of fused-ring (bicyclic) bond motifs is 1. The Balaban J connectivity index is 3.01. The van der Waals surface area contributed by atoms with Gasteiger partial charge in [-0.3, -0.25) is 9.36 Å². The van der Waals surface area contributed by atoms with Gasteiger partial charge in [0.1, 0.15) is 0 Å². The predicted octanol–water partition coefficient (Wildman–Crippen LogP) is 1.73. The summed E-state index contributed by atoms with van der Waals surface area (Å²) in [5.74, 6) is 0.217. The Kier molecular flexibility index (Phi) is 2.59. The summed E-state index contributed by atoms with van der Waals surface area (Å²) >= 11 is 5.96. The predicted molar refractivity (Wildman–Crippen MR) is 65.8 cm³/mol. The Labute approximate surface area is 97.7 Å². The minimum Gasteiger partial charge on any atom is -0.369 e. The van der Waals surface area contributed by atoms with E-state index in [1.54, 1.807) is 13.1 Å². The van der Waals surface area contributed by atoms with Crippen molar-refractivity contribution in [2.45, 2.75) is 13.3 Å². The molecule has 5 heteroatoms. The second-order valence-corrected chi connectivity index (χ2v) is 4.09. The van der Waals surface area contributed by atoms with E-state index in [0.717, 1.165) is 12.0 Å². The molecule has 84 valence electrons. The SMILES string of the molecule is CCc1cc(Cl)cc2c(=O)n(C)c(N)nc12. The van der Waals surface area contributed by atoms with E-state index in [-0.39, 0.29) is 11.5 Å². The van der Waals surface area contributed by atoms with Crippen LogP contribution in [0.4, 0.5) is 5.95 Å². The summed E-state index contributed by atoms with van der Waals surface area (Å²) in [6, 6.07) is 3.45. The maximum absolute atomic E-state index is 12.0. The van der Waals surface area contributed by atoms with Crippen molar-refractivity contribution in [3.05, 3.63) is 33.1 Å². The van der Waals surface area contributed by atoms with Gasteiger partial charge in [-0.05, 0) is 24.1 Å². The summed E-state index contributed by atoms with van der Waals surface area (Å²) in [5, 5.41) is 1.06. The number of nitrogen functional groups attached to an aromatic ring is 1. The van der Waals surface area contributed by atoms with Gasteiger partial charge in [0.15, 0.2) is 0 Å². The lowest BCUT2D eigenvalue weighted by Crippen LogP contribution is -2.21. The molecule has 0 aliphatic carbocycles. The topological polar surface area (TPSA) is 60.9 Å². The zero-order chi connectivity index (χ0) is 11.9. The molecule has 2 aromatic rings. The number of hydrogen-bond donors (Lipinski definition) is 1. The number of nitrogens with zero attached hydrogens (tertiary/aromatic N) is 2. The van der Waals surface area contributed by atoms with Crippen LogP contribution in [-0.2, 0) is 13.5 Å². The Morgan fingerprint density at radius 3 is 2.81 bits per heavy atom. The first-order valence-corrected chi connectivity index (χ1v) is 5.37. The molecule has 0 aliphatic rings. The van der Waals surface area contributed by atoms with Crippen molar-refractivity contribution in [3.8, 4) is 0 Å². The molecule has 0 atom stereocenters. The van der Waals surface area contributed by atoms with Crippen LogP contribution in [0.1, 0.15) is 12.5 Å². The fourth-order valence-electron chi connectivity index (χ4n) is 1.69. The number of rotatable bonds is 1. The summed E-state index contributed by atoms with van der Waals surface area (Å²) in [4.78, 5) is 16.2. The fourth-order valence-corrected chi connectivity index (χ4v) is 1.94. The minimum atomic E-state index is -0.167. The van der Waals surface area contributed by atoms with Crippen LogP contribution in [0.25, 0.3) is 10.9 Å². The van der Waals surface area contributed by atoms with Gasteiger partial charge in [-0.2, -0.15) is 0 Å². The molecule has 0 saturated heterocycles. The van der Waals surface area contributed by atoms with E-state index >= 15 is 0 Å². The second-order valence-electron chi connectivity index (χ2n) is 3.65. The van der Waals surface area contributed by atoms with E-state index in [9.17, 15) is 4.79 Å². The molecule has 0 radical (unpaired) electrons. The third-order valence-corrected chi connectivity index (χ3v) is 2.86. The van der Waals surface area contributed by atoms with Crippen LogP contribution in [-0.4, -0.2) is 9.55 Å². The standard InChI is InChI=1S/C11H12ClN3O/c1-3-6-4-7(12)5-8-9(6)14-11(13)15(2)10(8)16/h4-5H,3H2,1-2H3,(H2,13,14). The lowest BCUT2D eigenvalue weighted by atomic mass is 10.1. The number of hydrogen-bond acceptors (Lipinski definition) is 3. The first kappa shape index (κ1) is 11.0. The summed E-state index contributed by atoms with van der Waals surface area (Å²) in [6.45, 7) is 1.99. The van der Waals surface area contributed by atoms with Crippen LogP contribution >= 0.6 is 11.6 Å². The largest absolute Gasteiger partial charge is 0.369 e. The molecule has 0 saturated carbocycles. The van der Waals surface area contributed by atoms with Crippen LogP contribution < -0.4 is 11.3 Å². The Bertz CT molecular complexity index is 619. The van der Waals surface area contributed by atoms with Crippen molar-refractivity contribution in [1.82, 2.24) is 9.55 Å². The Morgan fingerprint density at radius 1 is 1.50 bits per heavy atom. The van der Waals surface area contributed by atoms with Crippen LogP contribution in [0.15, 0.2) is 16.9 Å². The minimum absolute atomic E-state index is 0.167. The zero-order valence-electron chi connectivity index (χ0n) is 9.12. The number of benzene rings is 1. The monoisotopic (exact) mass is 237 g/mol. The van der Waals surface area contributed by atoms with Crippen molar-refractivity contribution in [2.24, 2.45) is 7.05 Å². The van der Waals surface area contributed by atoms with Gasteiger partial charge < -0.3 is 5.73 Å². The van der Waals surface area contributed by atoms with Crippen LogP contribution in [0, 0.1) is 0 Å². The molecular weight excluding hydrogens is 226 g/mol. The van der Waals surface area contributed by atoms with Crippen molar-refractivity contribution in [1.29, 1.82) is 0 Å². The number of aromatic nitrogens is 2. The Morgan fingerprint density at radius 2 is 2.19 bits per heavy atom. The lowest BCUT2D eigenvalue weighted by Gasteiger charge is -2.08. The molecule has 16 heavy (non-hydrogen) atoms. The maximum Gasteiger partial charge on any atom is 0.262 e. The molecule has 1 heterocycles. The molecule has 0 spiro atoms. The van der Waals surface area contributed by atoms with Crippen LogP contribution in [0.5, 0.6) is 0 Å². The Hall–Kier alpha value is -1.55. The van der Waals surface area contributed by atoms with Gasteiger partial charge in [-0.25, -0.2) is 4.98 Å². The summed E-state index contributed by atoms with van der Waals surface area (Å²) in [7, 11) is 1.59. The highest BCUT2D eigenvalue weighted by Crippen LogP contribution is 2.21. The summed E-state index contributed by atoms with van der Waals surface area (Å²) in [6.07, 6.45) is 0.761. The normalized spacial score (nSPS) is 10.9. The number of nitrogens with two attached hydrogens (primary N) is 1. The highest BCUT2D eigenvalue weighted by atomic mass is 35.5. The second kappa shape index (κ2) is 3.79. The van der Waals surface area contributed by atoms with Crippen LogP contribution in [0.3, 0.4) is 0 Å². The number of halogens is 1. The summed E-state index contributed by atoms with van der Waals surface area (Å²) in [5.41, 5.74) is 7.08. The zero-order valence-corrected chi connectivity index (χ0v) is 9.88. The van der Waals surface area contributed by atoms with E-state index in [0.29, 0.717) is 15.9 Å². The maximum atomic E-state index is 12.0. The van der Waals surface area contributed by atoms with E-state index in [1.165, 1.54) is 4.57 Å². The first-order chi connectivity index (χ1) is 7.54. The van der Waals surface area contributed by atoms with E-state index in [4.69, 9.17) is 17.3 Å². The van der Waals surface area contributed by atoms with E-state index < -0.39 is 0 Å². The molecule has 2 N–H and O–H groups in total. The van der Waals surface area contributed by atoms with Crippen molar-refractivity contribution in [3.63, 3.8) is 0 Å². The molecule has 0 fully saturated rings. The van der Waals surface area contributed by atoms with Gasteiger partial charge in [0.05, 0.1) is 10.9 Å². The summed E-state index contributed by atoms with van der Waals surface area (Å²) < 4.78 is 1.32. The number of aryl methyl sites for hydroxylation is 1. The fraction of sp³-hybridized carbons (Fsp3) is 0.273. The highest BCUT2D eigenvalue weighted by Gasteiger charge is 2.10. The third-order valence-electron chi connectivity index (χ3n) is 2.64. The van der Waals surface area contributed by atoms with Gasteiger partial charge in [0.25, 0.3) is 5.56 Å². The van der Waals surface area contributed by atoms with Gasteiger partial charge >= 0.3 is 0 Å². The number of anilines is 1. The third kappa shape index (κ3) is 1.55. The van der Waals surface area contributed by atoms with Crippen molar-refractivity contribution < 1.29 is 0 Å². The molecule has 4 nitrogen and oxygen atoms in total. The smallest absolute Gasteiger partial charge is 0.262 e. The molecule has 0 unspecified atom stereocenters. The van der Waals surface area contributed by atoms with Crippen molar-refractivity contribution in [2.75, 3.05) is 5.73 Å². The van der Waals surface area contributed by atoms with Gasteiger partial charge in [-0.1, -0.05) is 18.5 Å². The lowest BCUT2D eigenvalue weighted by molar-refractivity contribution is 0.860. The highest BCUT2D eigenvalue weighted by molar-refractivity contribution is 6.31. The molecule has 1 aromatic heterocycles. The van der Waals surface area contributed by atoms with Gasteiger partial charge in [-0.15, -0.1) is 0 Å². The molecule has 0 amide bonds. The average molecular weight is 238 g/mol. The molecule has 0 aliphatic heterocycles. The molecule has 2 rings (SSSR count). The molecule has 1 aromatic carbocycles. The van der Waals surface area contributed by atoms with Gasteiger partial charge in [0, 0.05) is 12.1 Å². The quantitative estimate of drug-likeness (QED) is 0.822. The van der Waals surface area contributed by atoms with Crippen molar-refractivity contribution >= 4 is 28.5 Å². The first-order valence-electron chi connectivity index (χ1n) is 4.99. The average Bonchev–Trinajstić information content (AvgIpc) is 2.26. The van der Waals surface area contributed by atoms with E-state index in [2.05, 4.69) is 4.98 Å². The molecule has 0 bridgehead atoms.